The van der Waals surface area contributed by atoms with E-state index < -0.39 is 12.1 Å². The second-order valence-electron chi connectivity index (χ2n) is 8.51. The summed E-state index contributed by atoms with van der Waals surface area (Å²) in [6.07, 6.45) is 1.36. The lowest BCUT2D eigenvalue weighted by Crippen LogP contribution is -2.52. The molecule has 0 spiro atoms. The van der Waals surface area contributed by atoms with Crippen LogP contribution in [0.2, 0.25) is 0 Å². The van der Waals surface area contributed by atoms with Crippen LogP contribution in [0.3, 0.4) is 0 Å². The number of hydrogen-bond acceptors (Lipinski definition) is 6. The zero-order valence-corrected chi connectivity index (χ0v) is 20.2. The monoisotopic (exact) mass is 490 g/mol. The van der Waals surface area contributed by atoms with Gasteiger partial charge in [0.1, 0.15) is 6.04 Å². The van der Waals surface area contributed by atoms with Gasteiger partial charge in [0.25, 0.3) is 0 Å². The molecule has 2 heterocycles. The van der Waals surface area contributed by atoms with Crippen LogP contribution in [0.15, 0.2) is 77.9 Å². The number of carbonyl (C=O) groups is 2. The van der Waals surface area contributed by atoms with Gasteiger partial charge in [-0.15, -0.1) is 11.3 Å². The van der Waals surface area contributed by atoms with Crippen molar-refractivity contribution in [3.8, 4) is 0 Å². The van der Waals surface area contributed by atoms with Gasteiger partial charge in [0.2, 0.25) is 11.8 Å². The maximum Gasteiger partial charge on any atom is 0.243 e. The lowest BCUT2D eigenvalue weighted by Gasteiger charge is -2.31. The Labute approximate surface area is 208 Å². The summed E-state index contributed by atoms with van der Waals surface area (Å²) in [5.41, 5.74) is 14.3. The largest absolute Gasteiger partial charge is 0.381 e. The molecule has 3 aromatic rings. The maximum atomic E-state index is 13.6. The van der Waals surface area contributed by atoms with Gasteiger partial charge >= 0.3 is 0 Å². The summed E-state index contributed by atoms with van der Waals surface area (Å²) in [6.45, 7) is 0.843. The molecule has 8 nitrogen and oxygen atoms in total. The Bertz CT molecular complexity index is 1140. The Balaban J connectivity index is 1.47. The van der Waals surface area contributed by atoms with E-state index in [2.05, 4.69) is 10.4 Å². The summed E-state index contributed by atoms with van der Waals surface area (Å²) in [7, 11) is 0. The molecule has 2 amide bonds. The number of amidine groups is 1. The van der Waals surface area contributed by atoms with Crippen molar-refractivity contribution < 1.29 is 9.59 Å². The second-order valence-corrected chi connectivity index (χ2v) is 9.68. The first kappa shape index (κ1) is 24.4. The Morgan fingerprint density at radius 3 is 2.26 bits per heavy atom. The third-order valence-corrected chi connectivity index (χ3v) is 7.40. The van der Waals surface area contributed by atoms with Crippen LogP contribution in [0, 0.1) is 0 Å². The highest BCUT2D eigenvalue weighted by Crippen LogP contribution is 2.30. The lowest BCUT2D eigenvalue weighted by molar-refractivity contribution is -0.139. The van der Waals surface area contributed by atoms with Crippen molar-refractivity contribution in [2.45, 2.75) is 37.4 Å². The van der Waals surface area contributed by atoms with Crippen LogP contribution in [-0.2, 0) is 16.1 Å². The van der Waals surface area contributed by atoms with Crippen molar-refractivity contribution in [2.24, 2.45) is 22.4 Å². The number of nitrogens with zero attached hydrogens (tertiary/aromatic N) is 2. The van der Waals surface area contributed by atoms with Crippen LogP contribution in [-0.4, -0.2) is 41.2 Å². The van der Waals surface area contributed by atoms with Gasteiger partial charge in [-0.25, -0.2) is 0 Å². The third-order valence-electron chi connectivity index (χ3n) is 6.29. The molecule has 1 aliphatic heterocycles. The minimum atomic E-state index is -0.813. The van der Waals surface area contributed by atoms with Gasteiger partial charge in [-0.3, -0.25) is 9.59 Å². The molecule has 2 aromatic carbocycles. The van der Waals surface area contributed by atoms with Crippen molar-refractivity contribution in [3.63, 3.8) is 0 Å². The van der Waals surface area contributed by atoms with E-state index in [0.29, 0.717) is 19.5 Å². The van der Waals surface area contributed by atoms with E-state index in [1.54, 1.807) is 4.90 Å². The second kappa shape index (κ2) is 11.2. The predicted octanol–water partition coefficient (Wildman–Crippen LogP) is 2.09. The number of nitrogens with one attached hydrogen (secondary N) is 1. The average Bonchev–Trinajstić information content (AvgIpc) is 3.58. The van der Waals surface area contributed by atoms with Crippen LogP contribution >= 0.6 is 11.3 Å². The summed E-state index contributed by atoms with van der Waals surface area (Å²) >= 11 is 1.41. The number of benzene rings is 2. The van der Waals surface area contributed by atoms with Crippen LogP contribution in [0.4, 0.5) is 0 Å². The lowest BCUT2D eigenvalue weighted by atomic mass is 9.84. The predicted molar refractivity (Wildman–Crippen MR) is 139 cm³/mol. The fraction of sp³-hybridized carbons (Fsp3) is 0.269. The molecule has 0 saturated carbocycles. The van der Waals surface area contributed by atoms with E-state index in [-0.39, 0.29) is 23.6 Å². The number of likely N-dealkylation sites (tertiary alicyclic amines) is 1. The van der Waals surface area contributed by atoms with E-state index in [1.807, 2.05) is 72.8 Å². The maximum absolute atomic E-state index is 13.6. The Morgan fingerprint density at radius 2 is 1.66 bits per heavy atom. The molecule has 1 saturated heterocycles. The van der Waals surface area contributed by atoms with Gasteiger partial charge in [-0.05, 0) is 36.1 Å². The molecule has 9 heteroatoms. The third kappa shape index (κ3) is 5.52. The van der Waals surface area contributed by atoms with E-state index in [1.165, 1.54) is 11.3 Å². The van der Waals surface area contributed by atoms with Gasteiger partial charge < -0.3 is 27.5 Å². The molecule has 0 radical (unpaired) electrons. The highest BCUT2D eigenvalue weighted by Gasteiger charge is 2.39. The molecule has 2 unspecified atom stereocenters. The van der Waals surface area contributed by atoms with E-state index in [0.717, 1.165) is 27.3 Å². The van der Waals surface area contributed by atoms with Crippen LogP contribution in [0.5, 0.6) is 0 Å². The molecule has 1 aliphatic rings. The van der Waals surface area contributed by atoms with Gasteiger partial charge in [0.05, 0.1) is 17.5 Å². The van der Waals surface area contributed by atoms with Crippen molar-refractivity contribution in [1.29, 1.82) is 0 Å². The molecule has 182 valence electrons. The molecular formula is C26H30N6O2S. The molecule has 0 aliphatic carbocycles. The highest BCUT2D eigenvalue weighted by molar-refractivity contribution is 7.14. The summed E-state index contributed by atoms with van der Waals surface area (Å²) in [4.78, 5) is 30.0. The van der Waals surface area contributed by atoms with Gasteiger partial charge in [-0.1, -0.05) is 60.7 Å². The molecule has 0 bridgehead atoms. The van der Waals surface area contributed by atoms with Crippen LogP contribution < -0.4 is 22.6 Å². The summed E-state index contributed by atoms with van der Waals surface area (Å²) in [5, 5.41) is 6.45. The first-order valence-electron chi connectivity index (χ1n) is 11.6. The normalized spacial score (nSPS) is 16.9. The average molecular weight is 491 g/mol. The van der Waals surface area contributed by atoms with Crippen molar-refractivity contribution in [1.82, 2.24) is 10.2 Å². The number of nitrogens with two attached hydrogens (primary N) is 3. The number of hydrazone groups is 1. The summed E-state index contributed by atoms with van der Waals surface area (Å²) < 4.78 is 0. The SMILES string of the molecule is N/N=C(\N)c1ccc(CNC(=O)C2CCCN2C(=O)C(N)C(c2ccccc2)c2ccccc2)s1. The minimum absolute atomic E-state index is 0.186. The molecular weight excluding hydrogens is 460 g/mol. The Kier molecular flexibility index (Phi) is 7.79. The van der Waals surface area contributed by atoms with Crippen molar-refractivity contribution >= 4 is 29.0 Å². The first-order chi connectivity index (χ1) is 17.0. The van der Waals surface area contributed by atoms with Gasteiger partial charge in [-0.2, -0.15) is 5.10 Å². The number of thiophene rings is 1. The van der Waals surface area contributed by atoms with Gasteiger partial charge in [0.15, 0.2) is 5.84 Å². The number of amides is 2. The van der Waals surface area contributed by atoms with Crippen molar-refractivity contribution in [2.75, 3.05) is 6.54 Å². The van der Waals surface area contributed by atoms with Gasteiger partial charge in [0, 0.05) is 17.3 Å². The fourth-order valence-electron chi connectivity index (χ4n) is 4.53. The number of hydrogen-bond donors (Lipinski definition) is 4. The number of rotatable bonds is 8. The van der Waals surface area contributed by atoms with Crippen molar-refractivity contribution in [3.05, 3.63) is 93.7 Å². The zero-order chi connectivity index (χ0) is 24.8. The summed E-state index contributed by atoms with van der Waals surface area (Å²) in [5.74, 6) is 4.77. The topological polar surface area (TPSA) is 140 Å². The van der Waals surface area contributed by atoms with E-state index in [4.69, 9.17) is 17.3 Å². The first-order valence-corrected chi connectivity index (χ1v) is 12.4. The molecule has 1 aromatic heterocycles. The Hall–Kier alpha value is -3.69. The number of carbonyl (C=O) groups excluding carboxylic acids is 2. The van der Waals surface area contributed by atoms with E-state index in [9.17, 15) is 9.59 Å². The quantitative estimate of drug-likeness (QED) is 0.166. The molecule has 2 atom stereocenters. The Morgan fingerprint density at radius 1 is 1.03 bits per heavy atom. The smallest absolute Gasteiger partial charge is 0.243 e. The fourth-order valence-corrected chi connectivity index (χ4v) is 5.39. The molecule has 35 heavy (non-hydrogen) atoms. The summed E-state index contributed by atoms with van der Waals surface area (Å²) in [6, 6.07) is 21.9. The highest BCUT2D eigenvalue weighted by atomic mass is 32.1. The zero-order valence-electron chi connectivity index (χ0n) is 19.3. The molecule has 7 N–H and O–H groups in total. The van der Waals surface area contributed by atoms with Crippen LogP contribution in [0.1, 0.15) is 39.6 Å². The minimum Gasteiger partial charge on any atom is -0.381 e. The molecule has 1 fully saturated rings. The van der Waals surface area contributed by atoms with E-state index >= 15 is 0 Å². The standard InChI is InChI=1S/C26H30N6O2S/c27-23(22(17-8-3-1-4-9-17)18-10-5-2-6-11-18)26(34)32-15-7-12-20(32)25(33)30-16-19-13-14-21(35-19)24(28)31-29/h1-6,8-11,13-14,20,22-23H,7,12,15-16,27,29H2,(H2,28,31)(H,30,33). The van der Waals surface area contributed by atoms with Crippen LogP contribution in [0.25, 0.3) is 0 Å². The molecule has 4 rings (SSSR count).